The van der Waals surface area contributed by atoms with Gasteiger partial charge in [-0.3, -0.25) is 9.69 Å². The van der Waals surface area contributed by atoms with E-state index in [2.05, 4.69) is 32.7 Å². The Morgan fingerprint density at radius 1 is 1.14 bits per heavy atom. The predicted octanol–water partition coefficient (Wildman–Crippen LogP) is 3.54. The van der Waals surface area contributed by atoms with Crippen molar-refractivity contribution in [1.29, 1.82) is 0 Å². The molecule has 1 fully saturated rings. The molecule has 1 aliphatic heterocycles. The van der Waals surface area contributed by atoms with Gasteiger partial charge in [0.05, 0.1) is 11.5 Å². The van der Waals surface area contributed by atoms with Gasteiger partial charge in [-0.15, -0.1) is 0 Å². The number of halogens is 3. The summed E-state index contributed by atoms with van der Waals surface area (Å²) in [5, 5.41) is 5.49. The first-order valence-corrected chi connectivity index (χ1v) is 9.73. The molecule has 0 aliphatic carbocycles. The van der Waals surface area contributed by atoms with Gasteiger partial charge < -0.3 is 10.6 Å². The van der Waals surface area contributed by atoms with Crippen molar-refractivity contribution in [2.75, 3.05) is 31.5 Å². The minimum atomic E-state index is -4.47. The molecular weight excluding hydrogens is 381 g/mol. The smallest absolute Gasteiger partial charge is 0.368 e. The van der Waals surface area contributed by atoms with Crippen LogP contribution in [0.1, 0.15) is 24.0 Å². The maximum Gasteiger partial charge on any atom is 0.419 e. The average molecular weight is 406 g/mol. The Hall–Kier alpha value is -2.61. The number of amides is 1. The number of alkyl halides is 3. The van der Waals surface area contributed by atoms with E-state index in [0.717, 1.165) is 32.0 Å². The second kappa shape index (κ2) is 9.73. The highest BCUT2D eigenvalue weighted by Gasteiger charge is 2.34. The number of carbonyl (C=O) groups is 1. The lowest BCUT2D eigenvalue weighted by atomic mass is 9.96. The Morgan fingerprint density at radius 3 is 2.69 bits per heavy atom. The molecule has 1 unspecified atom stereocenters. The first-order chi connectivity index (χ1) is 13.9. The number of benzene rings is 1. The summed E-state index contributed by atoms with van der Waals surface area (Å²) in [5.41, 5.74) is 0.406. The summed E-state index contributed by atoms with van der Waals surface area (Å²) in [5.74, 6) is -0.379. The number of nitrogens with zero attached hydrogens (tertiary/aromatic N) is 2. The van der Waals surface area contributed by atoms with Crippen molar-refractivity contribution in [3.63, 3.8) is 0 Å². The Bertz CT molecular complexity index is 798. The largest absolute Gasteiger partial charge is 0.419 e. The van der Waals surface area contributed by atoms with Gasteiger partial charge in [-0.25, -0.2) is 4.98 Å². The molecule has 0 bridgehead atoms. The summed E-state index contributed by atoms with van der Waals surface area (Å²) in [6.45, 7) is 2.87. The van der Waals surface area contributed by atoms with Gasteiger partial charge in [0.15, 0.2) is 0 Å². The maximum absolute atomic E-state index is 13.0. The van der Waals surface area contributed by atoms with E-state index in [0.29, 0.717) is 6.54 Å². The van der Waals surface area contributed by atoms with Crippen LogP contribution in [0.15, 0.2) is 48.7 Å². The number of aromatic nitrogens is 1. The van der Waals surface area contributed by atoms with E-state index in [1.807, 2.05) is 18.2 Å². The van der Waals surface area contributed by atoms with Gasteiger partial charge in [0.2, 0.25) is 5.91 Å². The highest BCUT2D eigenvalue weighted by molar-refractivity contribution is 5.79. The molecule has 1 atom stereocenters. The molecule has 0 saturated carbocycles. The predicted molar refractivity (Wildman–Crippen MR) is 105 cm³/mol. The third-order valence-electron chi connectivity index (χ3n) is 4.96. The molecule has 2 heterocycles. The summed E-state index contributed by atoms with van der Waals surface area (Å²) < 4.78 is 38.9. The standard InChI is InChI=1S/C21H25F3N4O/c22-21(23,24)18-9-4-10-25-19(18)26-11-12-27-20(29)17-8-5-13-28(15-17)14-16-6-2-1-3-7-16/h1-4,6-7,9-10,17H,5,8,11-15H2,(H,25,26)(H,27,29). The third kappa shape index (κ3) is 6.19. The lowest BCUT2D eigenvalue weighted by Gasteiger charge is -2.32. The van der Waals surface area contributed by atoms with Crippen LogP contribution in [0.5, 0.6) is 0 Å². The van der Waals surface area contributed by atoms with Crippen LogP contribution in [-0.4, -0.2) is 42.0 Å². The molecule has 0 spiro atoms. The fourth-order valence-electron chi connectivity index (χ4n) is 3.54. The van der Waals surface area contributed by atoms with Crippen LogP contribution in [0.4, 0.5) is 19.0 Å². The molecule has 1 aromatic heterocycles. The highest BCUT2D eigenvalue weighted by atomic mass is 19.4. The van der Waals surface area contributed by atoms with Gasteiger partial charge in [0, 0.05) is 32.4 Å². The first kappa shape index (κ1) is 21.1. The second-order valence-corrected chi connectivity index (χ2v) is 7.17. The van der Waals surface area contributed by atoms with Crippen molar-refractivity contribution < 1.29 is 18.0 Å². The average Bonchev–Trinajstić information content (AvgIpc) is 2.71. The second-order valence-electron chi connectivity index (χ2n) is 7.17. The van der Waals surface area contributed by atoms with Gasteiger partial charge in [0.25, 0.3) is 0 Å². The molecule has 1 saturated heterocycles. The van der Waals surface area contributed by atoms with Crippen molar-refractivity contribution >= 4 is 11.7 Å². The third-order valence-corrected chi connectivity index (χ3v) is 4.96. The highest BCUT2D eigenvalue weighted by Crippen LogP contribution is 2.33. The molecule has 0 radical (unpaired) electrons. The Labute approximate surface area is 168 Å². The molecule has 29 heavy (non-hydrogen) atoms. The van der Waals surface area contributed by atoms with E-state index in [9.17, 15) is 18.0 Å². The van der Waals surface area contributed by atoms with Gasteiger partial charge in [-0.1, -0.05) is 30.3 Å². The summed E-state index contributed by atoms with van der Waals surface area (Å²) in [6.07, 6.45) is -1.39. The molecule has 8 heteroatoms. The number of likely N-dealkylation sites (tertiary alicyclic amines) is 1. The SMILES string of the molecule is O=C(NCCNc1ncccc1C(F)(F)F)C1CCCN(Cc2ccccc2)C1. The number of rotatable bonds is 7. The minimum absolute atomic E-state index is 0.0540. The van der Waals surface area contributed by atoms with Crippen molar-refractivity contribution in [2.45, 2.75) is 25.6 Å². The molecule has 1 aliphatic rings. The summed E-state index contributed by atoms with van der Waals surface area (Å²) >= 11 is 0. The zero-order chi connectivity index (χ0) is 20.7. The molecule has 5 nitrogen and oxygen atoms in total. The number of anilines is 1. The van der Waals surface area contributed by atoms with Gasteiger partial charge >= 0.3 is 6.18 Å². The number of nitrogens with one attached hydrogen (secondary N) is 2. The zero-order valence-electron chi connectivity index (χ0n) is 16.1. The summed E-state index contributed by atoms with van der Waals surface area (Å²) in [6, 6.07) is 12.4. The topological polar surface area (TPSA) is 57.3 Å². The van der Waals surface area contributed by atoms with Crippen molar-refractivity contribution in [2.24, 2.45) is 5.92 Å². The molecular formula is C21H25F3N4O. The quantitative estimate of drug-likeness (QED) is 0.691. The minimum Gasteiger partial charge on any atom is -0.368 e. The molecule has 1 amide bonds. The van der Waals surface area contributed by atoms with Gasteiger partial charge in [-0.2, -0.15) is 13.2 Å². The molecule has 3 rings (SSSR count). The van der Waals surface area contributed by atoms with E-state index in [-0.39, 0.29) is 30.7 Å². The Morgan fingerprint density at radius 2 is 1.93 bits per heavy atom. The zero-order valence-corrected chi connectivity index (χ0v) is 16.1. The van der Waals surface area contributed by atoms with E-state index >= 15 is 0 Å². The Balaban J connectivity index is 1.44. The lowest BCUT2D eigenvalue weighted by molar-refractivity contribution is -0.137. The summed E-state index contributed by atoms with van der Waals surface area (Å²) in [4.78, 5) is 18.5. The molecule has 1 aromatic carbocycles. The normalized spacial score (nSPS) is 17.7. The van der Waals surface area contributed by atoms with Crippen LogP contribution in [0, 0.1) is 5.92 Å². The van der Waals surface area contributed by atoms with Crippen LogP contribution in [0.2, 0.25) is 0 Å². The van der Waals surface area contributed by atoms with Crippen molar-refractivity contribution in [3.05, 3.63) is 59.8 Å². The number of pyridine rings is 1. The van der Waals surface area contributed by atoms with E-state index < -0.39 is 11.7 Å². The van der Waals surface area contributed by atoms with Crippen LogP contribution in [-0.2, 0) is 17.5 Å². The number of piperidine rings is 1. The number of carbonyl (C=O) groups excluding carboxylic acids is 1. The number of hydrogen-bond donors (Lipinski definition) is 2. The fraction of sp³-hybridized carbons (Fsp3) is 0.429. The lowest BCUT2D eigenvalue weighted by Crippen LogP contribution is -2.43. The van der Waals surface area contributed by atoms with Crippen LogP contribution < -0.4 is 10.6 Å². The first-order valence-electron chi connectivity index (χ1n) is 9.73. The molecule has 156 valence electrons. The Kier molecular flexibility index (Phi) is 7.09. The van der Waals surface area contributed by atoms with Gasteiger partial charge in [-0.05, 0) is 37.1 Å². The van der Waals surface area contributed by atoms with Crippen molar-refractivity contribution in [3.8, 4) is 0 Å². The van der Waals surface area contributed by atoms with Gasteiger partial charge in [0.1, 0.15) is 5.82 Å². The van der Waals surface area contributed by atoms with Crippen LogP contribution in [0.3, 0.4) is 0 Å². The maximum atomic E-state index is 13.0. The summed E-state index contributed by atoms with van der Waals surface area (Å²) in [7, 11) is 0. The fourth-order valence-corrected chi connectivity index (χ4v) is 3.54. The van der Waals surface area contributed by atoms with Crippen LogP contribution >= 0.6 is 0 Å². The van der Waals surface area contributed by atoms with Crippen molar-refractivity contribution in [1.82, 2.24) is 15.2 Å². The van der Waals surface area contributed by atoms with Crippen LogP contribution in [0.25, 0.3) is 0 Å². The van der Waals surface area contributed by atoms with E-state index in [1.165, 1.54) is 17.8 Å². The number of hydrogen-bond acceptors (Lipinski definition) is 4. The molecule has 2 aromatic rings. The molecule has 2 N–H and O–H groups in total. The van der Waals surface area contributed by atoms with E-state index in [1.54, 1.807) is 0 Å². The van der Waals surface area contributed by atoms with E-state index in [4.69, 9.17) is 0 Å². The monoisotopic (exact) mass is 406 g/mol.